The summed E-state index contributed by atoms with van der Waals surface area (Å²) in [5.74, 6) is -0.339. The minimum Gasteiger partial charge on any atom is -0.350 e. The van der Waals surface area contributed by atoms with E-state index < -0.39 is 21.9 Å². The van der Waals surface area contributed by atoms with Crippen LogP contribution in [0.5, 0.6) is 0 Å². The minimum absolute atomic E-state index is 0.0564. The average Bonchev–Trinajstić information content (AvgIpc) is 2.83. The molecule has 0 aromatic heterocycles. The van der Waals surface area contributed by atoms with Gasteiger partial charge in [0.1, 0.15) is 0 Å². The van der Waals surface area contributed by atoms with E-state index in [9.17, 15) is 18.0 Å². The molecule has 0 bridgehead atoms. The lowest BCUT2D eigenvalue weighted by Crippen LogP contribution is -2.46. The van der Waals surface area contributed by atoms with Crippen LogP contribution in [0.3, 0.4) is 0 Å². The largest absolute Gasteiger partial charge is 0.350 e. The van der Waals surface area contributed by atoms with Crippen LogP contribution < -0.4 is 16.0 Å². The highest BCUT2D eigenvalue weighted by molar-refractivity contribution is 7.91. The summed E-state index contributed by atoms with van der Waals surface area (Å²) in [6, 6.07) is 6.18. The molecular weight excluding hydrogens is 342 g/mol. The number of benzene rings is 1. The fourth-order valence-electron chi connectivity index (χ4n) is 2.20. The van der Waals surface area contributed by atoms with E-state index in [4.69, 9.17) is 11.6 Å². The topological polar surface area (TPSA) is 104 Å². The predicted octanol–water partition coefficient (Wildman–Crippen LogP) is 0.443. The van der Waals surface area contributed by atoms with E-state index in [0.29, 0.717) is 11.4 Å². The van der Waals surface area contributed by atoms with E-state index in [1.54, 1.807) is 18.2 Å². The van der Waals surface area contributed by atoms with Gasteiger partial charge < -0.3 is 16.0 Å². The van der Waals surface area contributed by atoms with E-state index in [-0.39, 0.29) is 30.5 Å². The molecule has 0 aliphatic carbocycles. The van der Waals surface area contributed by atoms with E-state index in [1.165, 1.54) is 0 Å². The Labute approximate surface area is 139 Å². The molecule has 0 saturated carbocycles. The summed E-state index contributed by atoms with van der Waals surface area (Å²) in [5, 5.41) is 8.14. The highest BCUT2D eigenvalue weighted by Crippen LogP contribution is 2.14. The summed E-state index contributed by atoms with van der Waals surface area (Å²) >= 11 is 5.97. The number of hydrogen-bond donors (Lipinski definition) is 3. The lowest BCUT2D eigenvalue weighted by atomic mass is 10.2. The summed E-state index contributed by atoms with van der Waals surface area (Å²) in [5.41, 5.74) is 0.781. The fraction of sp³-hybridized carbons (Fsp3) is 0.429. The molecule has 7 nitrogen and oxygen atoms in total. The number of carbonyl (C=O) groups is 2. The molecule has 1 heterocycles. The molecule has 1 saturated heterocycles. The van der Waals surface area contributed by atoms with Gasteiger partial charge in [0.25, 0.3) is 0 Å². The zero-order chi connectivity index (χ0) is 16.9. The quantitative estimate of drug-likeness (QED) is 0.709. The summed E-state index contributed by atoms with van der Waals surface area (Å²) in [4.78, 5) is 23.3. The van der Waals surface area contributed by atoms with Crippen molar-refractivity contribution in [3.63, 3.8) is 0 Å². The molecule has 1 aliphatic rings. The van der Waals surface area contributed by atoms with Crippen molar-refractivity contribution in [2.75, 3.05) is 18.1 Å². The number of amides is 3. The number of halogens is 1. The van der Waals surface area contributed by atoms with Crippen molar-refractivity contribution in [2.24, 2.45) is 0 Å². The molecule has 1 aromatic carbocycles. The van der Waals surface area contributed by atoms with Crippen molar-refractivity contribution in [1.29, 1.82) is 0 Å². The molecule has 23 heavy (non-hydrogen) atoms. The first kappa shape index (κ1) is 17.6. The van der Waals surface area contributed by atoms with Crippen LogP contribution in [0.2, 0.25) is 5.02 Å². The van der Waals surface area contributed by atoms with Gasteiger partial charge in [0.15, 0.2) is 9.84 Å². The van der Waals surface area contributed by atoms with Gasteiger partial charge in [-0.15, -0.1) is 0 Å². The van der Waals surface area contributed by atoms with Crippen LogP contribution in [-0.4, -0.2) is 44.4 Å². The third kappa shape index (κ3) is 5.72. The monoisotopic (exact) mass is 359 g/mol. The second-order valence-electron chi connectivity index (χ2n) is 5.30. The Kier molecular flexibility index (Phi) is 5.84. The molecule has 0 spiro atoms. The average molecular weight is 360 g/mol. The molecule has 9 heteroatoms. The maximum Gasteiger partial charge on any atom is 0.315 e. The molecule has 1 aromatic rings. The Balaban J connectivity index is 1.68. The standard InChI is InChI=1S/C14H18ClN3O4S/c15-12-4-2-1-3-10(12)7-16-13(19)8-17-14(20)18-11-5-6-23(21,22)9-11/h1-4,11H,5-9H2,(H,16,19)(H2,17,18,20). The van der Waals surface area contributed by atoms with Gasteiger partial charge in [-0.1, -0.05) is 29.8 Å². The van der Waals surface area contributed by atoms with E-state index in [1.807, 2.05) is 6.07 Å². The molecule has 1 atom stereocenters. The third-order valence-electron chi connectivity index (χ3n) is 3.41. The summed E-state index contributed by atoms with van der Waals surface area (Å²) in [6.45, 7) is 0.0679. The second-order valence-corrected chi connectivity index (χ2v) is 7.93. The van der Waals surface area contributed by atoms with Crippen LogP contribution in [0, 0.1) is 0 Å². The molecule has 1 fully saturated rings. The summed E-state index contributed by atoms with van der Waals surface area (Å²) in [7, 11) is -3.05. The van der Waals surface area contributed by atoms with Crippen LogP contribution in [0.25, 0.3) is 0 Å². The normalized spacial score (nSPS) is 19.1. The lowest BCUT2D eigenvalue weighted by molar-refractivity contribution is -0.120. The van der Waals surface area contributed by atoms with Crippen LogP contribution in [-0.2, 0) is 21.2 Å². The number of hydrogen-bond acceptors (Lipinski definition) is 4. The lowest BCUT2D eigenvalue weighted by Gasteiger charge is -2.12. The Bertz CT molecular complexity index is 693. The molecule has 2 rings (SSSR count). The van der Waals surface area contributed by atoms with Gasteiger partial charge in [0.2, 0.25) is 5.91 Å². The first-order valence-electron chi connectivity index (χ1n) is 7.10. The van der Waals surface area contributed by atoms with E-state index in [0.717, 1.165) is 5.56 Å². The Morgan fingerprint density at radius 1 is 1.22 bits per heavy atom. The van der Waals surface area contributed by atoms with Crippen molar-refractivity contribution in [2.45, 2.75) is 19.0 Å². The van der Waals surface area contributed by atoms with Gasteiger partial charge in [0.05, 0.1) is 18.1 Å². The summed E-state index contributed by atoms with van der Waals surface area (Å²) in [6.07, 6.45) is 0.397. The van der Waals surface area contributed by atoms with Gasteiger partial charge in [-0.25, -0.2) is 13.2 Å². The highest BCUT2D eigenvalue weighted by Gasteiger charge is 2.28. The zero-order valence-corrected chi connectivity index (χ0v) is 13.9. The van der Waals surface area contributed by atoms with Crippen LogP contribution in [0.4, 0.5) is 4.79 Å². The van der Waals surface area contributed by atoms with Crippen molar-refractivity contribution < 1.29 is 18.0 Å². The van der Waals surface area contributed by atoms with Crippen LogP contribution in [0.1, 0.15) is 12.0 Å². The van der Waals surface area contributed by atoms with Crippen molar-refractivity contribution >= 4 is 33.4 Å². The molecule has 1 unspecified atom stereocenters. The molecule has 0 radical (unpaired) electrons. The number of rotatable bonds is 5. The van der Waals surface area contributed by atoms with Crippen molar-refractivity contribution in [3.05, 3.63) is 34.9 Å². The van der Waals surface area contributed by atoms with Gasteiger partial charge in [-0.05, 0) is 18.1 Å². The number of urea groups is 1. The Morgan fingerprint density at radius 3 is 2.61 bits per heavy atom. The van der Waals surface area contributed by atoms with E-state index >= 15 is 0 Å². The second kappa shape index (κ2) is 7.65. The zero-order valence-electron chi connectivity index (χ0n) is 12.3. The smallest absolute Gasteiger partial charge is 0.315 e. The molecule has 3 amide bonds. The molecular formula is C14H18ClN3O4S. The first-order chi connectivity index (χ1) is 10.9. The predicted molar refractivity (Wildman–Crippen MR) is 86.9 cm³/mol. The van der Waals surface area contributed by atoms with Gasteiger partial charge >= 0.3 is 6.03 Å². The van der Waals surface area contributed by atoms with Crippen LogP contribution in [0.15, 0.2) is 24.3 Å². The maximum atomic E-state index is 11.7. The first-order valence-corrected chi connectivity index (χ1v) is 9.30. The number of nitrogens with one attached hydrogen (secondary N) is 3. The minimum atomic E-state index is -3.05. The fourth-order valence-corrected chi connectivity index (χ4v) is 4.08. The van der Waals surface area contributed by atoms with Gasteiger partial charge in [-0.2, -0.15) is 0 Å². The van der Waals surface area contributed by atoms with Crippen molar-refractivity contribution in [1.82, 2.24) is 16.0 Å². The number of sulfone groups is 1. The number of carbonyl (C=O) groups excluding carboxylic acids is 2. The molecule has 1 aliphatic heterocycles. The van der Waals surface area contributed by atoms with Gasteiger partial charge in [0, 0.05) is 17.6 Å². The third-order valence-corrected chi connectivity index (χ3v) is 5.55. The van der Waals surface area contributed by atoms with E-state index in [2.05, 4.69) is 16.0 Å². The van der Waals surface area contributed by atoms with Gasteiger partial charge in [-0.3, -0.25) is 4.79 Å². The SMILES string of the molecule is O=C(CNC(=O)NC1CCS(=O)(=O)C1)NCc1ccccc1Cl. The van der Waals surface area contributed by atoms with Crippen LogP contribution >= 0.6 is 11.6 Å². The molecule has 3 N–H and O–H groups in total. The highest BCUT2D eigenvalue weighted by atomic mass is 35.5. The Hall–Kier alpha value is -1.80. The Morgan fingerprint density at radius 2 is 1.96 bits per heavy atom. The van der Waals surface area contributed by atoms with Crippen molar-refractivity contribution in [3.8, 4) is 0 Å². The summed E-state index contributed by atoms with van der Waals surface area (Å²) < 4.78 is 22.6. The maximum absolute atomic E-state index is 11.7. The molecule has 126 valence electrons.